The number of aromatic amines is 2. The lowest BCUT2D eigenvalue weighted by molar-refractivity contribution is -0.139. The number of methoxy groups -OCH3 is 1. The summed E-state index contributed by atoms with van der Waals surface area (Å²) >= 11 is 0. The number of carbonyl (C=O) groups excluding carboxylic acids is 4. The molecule has 72 heavy (non-hydrogen) atoms. The summed E-state index contributed by atoms with van der Waals surface area (Å²) < 4.78 is 26.8. The number of aryl methyl sites for hydroxylation is 3. The summed E-state index contributed by atoms with van der Waals surface area (Å²) in [6, 6.07) is 7.78. The van der Waals surface area contributed by atoms with Crippen LogP contribution in [0.15, 0.2) is 48.6 Å². The van der Waals surface area contributed by atoms with Gasteiger partial charge in [-0.3, -0.25) is 19.4 Å². The van der Waals surface area contributed by atoms with Crippen LogP contribution in [0.5, 0.6) is 0 Å². The molecule has 388 valence electrons. The van der Waals surface area contributed by atoms with E-state index < -0.39 is 23.2 Å². The number of fused-ring (bicyclic) bond motifs is 11. The lowest BCUT2D eigenvalue weighted by Crippen LogP contribution is -2.47. The molecule has 2 unspecified atom stereocenters. The number of H-pyrrole nitrogens is 2. The highest BCUT2D eigenvalue weighted by molar-refractivity contribution is 6.03. The van der Waals surface area contributed by atoms with Crippen molar-refractivity contribution in [3.63, 3.8) is 0 Å². The van der Waals surface area contributed by atoms with Gasteiger partial charge in [0.05, 0.1) is 113 Å². The van der Waals surface area contributed by atoms with Gasteiger partial charge in [-0.2, -0.15) is 0 Å². The Morgan fingerprint density at radius 3 is 1.92 bits per heavy atom. The van der Waals surface area contributed by atoms with E-state index >= 15 is 0 Å². The van der Waals surface area contributed by atoms with Crippen LogP contribution >= 0.6 is 0 Å². The van der Waals surface area contributed by atoms with E-state index in [4.69, 9.17) is 49.6 Å². The van der Waals surface area contributed by atoms with Crippen LogP contribution in [0.3, 0.4) is 0 Å². The summed E-state index contributed by atoms with van der Waals surface area (Å²) in [5.74, 6) is -2.44. The van der Waals surface area contributed by atoms with Gasteiger partial charge in [-0.1, -0.05) is 24.8 Å². The Hall–Kier alpha value is -6.32. The third kappa shape index (κ3) is 13.0. The molecule has 0 saturated heterocycles. The number of nitrogens with zero attached hydrogens (tertiary/aromatic N) is 2. The predicted molar refractivity (Wildman–Crippen MR) is 275 cm³/mol. The largest absolute Gasteiger partial charge is 0.466 e. The zero-order chi connectivity index (χ0) is 51.8. The Balaban J connectivity index is 1.48. The molecular weight excluding hydrogens is 925 g/mol. The van der Waals surface area contributed by atoms with Crippen LogP contribution in [-0.2, 0) is 54.7 Å². The van der Waals surface area contributed by atoms with Crippen LogP contribution in [0.4, 0.5) is 0 Å². The Labute approximate surface area is 419 Å². The van der Waals surface area contributed by atoms with E-state index in [0.717, 1.165) is 50.0 Å². The first-order valence-electron chi connectivity index (χ1n) is 24.4. The van der Waals surface area contributed by atoms with Crippen LogP contribution in [0, 0.1) is 19.8 Å². The first-order chi connectivity index (χ1) is 34.8. The molecular formula is C53H70N8O11. The fourth-order valence-corrected chi connectivity index (χ4v) is 9.29. The summed E-state index contributed by atoms with van der Waals surface area (Å²) in [4.78, 5) is 72.2. The normalized spacial score (nSPS) is 16.2. The number of aromatic nitrogens is 4. The van der Waals surface area contributed by atoms with Gasteiger partial charge in [-0.05, 0) is 98.2 Å². The first-order valence-corrected chi connectivity index (χ1v) is 24.4. The Kier molecular flexibility index (Phi) is 20.2. The number of aliphatic hydroxyl groups excluding tert-OH is 2. The second-order valence-corrected chi connectivity index (χ2v) is 17.7. The number of amides is 3. The van der Waals surface area contributed by atoms with E-state index in [0.29, 0.717) is 92.8 Å². The molecule has 19 heteroatoms. The fourth-order valence-electron chi connectivity index (χ4n) is 9.29. The maximum absolute atomic E-state index is 14.4. The quantitative estimate of drug-likeness (QED) is 0.0400. The fraction of sp³-hybridized carbons (Fsp3) is 0.472. The monoisotopic (exact) mass is 995 g/mol. The number of esters is 1. The van der Waals surface area contributed by atoms with Crippen LogP contribution in [0.2, 0.25) is 0 Å². The molecule has 0 aromatic carbocycles. The van der Waals surface area contributed by atoms with Gasteiger partial charge in [0.15, 0.2) is 0 Å². The minimum Gasteiger partial charge on any atom is -0.466 e. The van der Waals surface area contributed by atoms with Gasteiger partial charge in [0, 0.05) is 66.7 Å². The Morgan fingerprint density at radius 1 is 0.722 bits per heavy atom. The van der Waals surface area contributed by atoms with E-state index in [-0.39, 0.29) is 76.4 Å². The van der Waals surface area contributed by atoms with Crippen molar-refractivity contribution in [3.05, 3.63) is 93.6 Å². The van der Waals surface area contributed by atoms with Crippen molar-refractivity contribution in [3.8, 4) is 0 Å². The molecule has 0 saturated carbocycles. The van der Waals surface area contributed by atoms with Crippen molar-refractivity contribution in [1.82, 2.24) is 35.9 Å². The highest BCUT2D eigenvalue weighted by Gasteiger charge is 2.53. The van der Waals surface area contributed by atoms with Crippen molar-refractivity contribution < 1.29 is 53.1 Å². The SMILES string of the molecule is C=Cc1c(C)c2cc3nc(cc4[nH]c(cc5nc(cc1[nH]2)C(C)=C5CCC(=O)NCCOCCOCCO)c(CCC(=O)NCCOCCOCCO)c4C)C1(C)C3=CC=C(C(=O)OC)C1C(=O)NCCN. The van der Waals surface area contributed by atoms with Crippen LogP contribution in [0.1, 0.15) is 78.1 Å². The summed E-state index contributed by atoms with van der Waals surface area (Å²) in [6.07, 6.45) is 6.27. The lowest BCUT2D eigenvalue weighted by Gasteiger charge is -2.37. The molecule has 9 N–H and O–H groups in total. The second kappa shape index (κ2) is 26.4. The average molecular weight is 995 g/mol. The van der Waals surface area contributed by atoms with Crippen LogP contribution in [-0.4, -0.2) is 153 Å². The smallest absolute Gasteiger partial charge is 0.334 e. The number of carbonyl (C=O) groups is 4. The average Bonchev–Trinajstić information content (AvgIpc) is 4.03. The molecule has 1 aliphatic carbocycles. The molecule has 0 fully saturated rings. The van der Waals surface area contributed by atoms with Crippen molar-refractivity contribution >= 4 is 68.6 Å². The Morgan fingerprint density at radius 2 is 1.31 bits per heavy atom. The lowest BCUT2D eigenvalue weighted by atomic mass is 9.64. The third-order valence-electron chi connectivity index (χ3n) is 13.1. The topological polar surface area (TPSA) is 274 Å². The molecule has 6 rings (SSSR count). The molecule has 2 atom stereocenters. The number of nitrogens with two attached hydrogens (primary N) is 1. The summed E-state index contributed by atoms with van der Waals surface area (Å²) in [5.41, 5.74) is 16.0. The molecule has 3 aromatic rings. The number of allylic oxidation sites excluding steroid dienone is 5. The van der Waals surface area contributed by atoms with E-state index in [1.54, 1.807) is 12.2 Å². The molecule has 5 heterocycles. The van der Waals surface area contributed by atoms with Crippen molar-refractivity contribution in [1.29, 1.82) is 0 Å². The second-order valence-electron chi connectivity index (χ2n) is 17.7. The number of nitrogens with one attached hydrogen (secondary N) is 5. The molecule has 0 spiro atoms. The summed E-state index contributed by atoms with van der Waals surface area (Å²) in [5, 5.41) is 26.6. The van der Waals surface area contributed by atoms with Crippen LogP contribution < -0.4 is 21.7 Å². The predicted octanol–water partition coefficient (Wildman–Crippen LogP) is 3.65. The number of hydrogen-bond donors (Lipinski definition) is 8. The molecule has 3 amide bonds. The first kappa shape index (κ1) is 55.0. The highest BCUT2D eigenvalue weighted by atomic mass is 16.5. The van der Waals surface area contributed by atoms with Gasteiger partial charge < -0.3 is 65.5 Å². The van der Waals surface area contributed by atoms with E-state index in [1.807, 2.05) is 58.0 Å². The van der Waals surface area contributed by atoms with Gasteiger partial charge in [-0.15, -0.1) is 0 Å². The Bertz CT molecular complexity index is 2740. The summed E-state index contributed by atoms with van der Waals surface area (Å²) in [6.45, 7) is 15.3. The van der Waals surface area contributed by atoms with Gasteiger partial charge in [0.2, 0.25) is 17.7 Å². The molecule has 3 aliphatic rings. The minimum atomic E-state index is -1.19. The maximum atomic E-state index is 14.4. The molecule has 0 radical (unpaired) electrons. The number of hydrogen-bond acceptors (Lipinski definition) is 14. The maximum Gasteiger partial charge on any atom is 0.334 e. The number of aliphatic hydroxyl groups is 2. The van der Waals surface area contributed by atoms with Gasteiger partial charge in [0.1, 0.15) is 0 Å². The summed E-state index contributed by atoms with van der Waals surface area (Å²) in [7, 11) is 1.28. The van der Waals surface area contributed by atoms with Crippen molar-refractivity contribution in [2.24, 2.45) is 11.7 Å². The standard InChI is InChI=1S/C53H70N8O11/c1-7-35-32(2)41-29-46-39-11-8-38(52(67)68-6)50(51(66)57-15-14-54)53(39,5)47(61-46)31-42-34(4)37(10-13-49(65)56-17-21-70-25-27-72-23-19-63)45(60-42)30-44-36(33(3)40(59-44)28-43(35)58-41)9-12-48(64)55-16-20-69-24-26-71-22-18-62/h7-8,11,28-31,50,58,60,62-63H,1,9-10,12-27,54H2,2-6H3,(H,55,64)(H,56,65)(H,57,66). The third-order valence-corrected chi connectivity index (χ3v) is 13.1. The van der Waals surface area contributed by atoms with Gasteiger partial charge in [0.25, 0.3) is 0 Å². The van der Waals surface area contributed by atoms with Crippen molar-refractivity contribution in [2.45, 2.75) is 58.8 Å². The van der Waals surface area contributed by atoms with E-state index in [1.165, 1.54) is 7.11 Å². The molecule has 2 aliphatic heterocycles. The molecule has 3 aromatic heterocycles. The molecule has 8 bridgehead atoms. The van der Waals surface area contributed by atoms with E-state index in [2.05, 4.69) is 32.5 Å². The zero-order valence-corrected chi connectivity index (χ0v) is 42.1. The molecule has 19 nitrogen and oxygen atoms in total. The van der Waals surface area contributed by atoms with Crippen LogP contribution in [0.25, 0.3) is 44.9 Å². The highest BCUT2D eigenvalue weighted by Crippen LogP contribution is 2.52. The minimum absolute atomic E-state index is 0.0612. The number of rotatable bonds is 27. The van der Waals surface area contributed by atoms with E-state index in [9.17, 15) is 19.2 Å². The zero-order valence-electron chi connectivity index (χ0n) is 42.1. The van der Waals surface area contributed by atoms with Gasteiger partial charge >= 0.3 is 5.97 Å². The van der Waals surface area contributed by atoms with Crippen molar-refractivity contribution in [2.75, 3.05) is 99.4 Å². The number of ether oxygens (including phenoxy) is 5. The van der Waals surface area contributed by atoms with Gasteiger partial charge in [-0.25, -0.2) is 9.78 Å².